The van der Waals surface area contributed by atoms with Gasteiger partial charge in [-0.05, 0) is 24.9 Å². The normalized spacial score (nSPS) is 15.2. The summed E-state index contributed by atoms with van der Waals surface area (Å²) in [7, 11) is 0. The van der Waals surface area contributed by atoms with Gasteiger partial charge in [-0.3, -0.25) is 4.79 Å². The highest BCUT2D eigenvalue weighted by Crippen LogP contribution is 2.24. The van der Waals surface area contributed by atoms with Gasteiger partial charge in [-0.15, -0.1) is 6.58 Å². The van der Waals surface area contributed by atoms with Crippen molar-refractivity contribution in [1.82, 2.24) is 0 Å². The molecule has 0 aromatic heterocycles. The van der Waals surface area contributed by atoms with Gasteiger partial charge < -0.3 is 5.11 Å². The van der Waals surface area contributed by atoms with Crippen LogP contribution in [0.1, 0.15) is 20.3 Å². The zero-order valence-corrected chi connectivity index (χ0v) is 8.49. The van der Waals surface area contributed by atoms with Crippen LogP contribution < -0.4 is 0 Å². The van der Waals surface area contributed by atoms with Crippen molar-refractivity contribution in [1.29, 1.82) is 0 Å². The van der Waals surface area contributed by atoms with E-state index in [1.807, 2.05) is 0 Å². The van der Waals surface area contributed by atoms with Crippen molar-refractivity contribution in [2.75, 3.05) is 11.5 Å². The summed E-state index contributed by atoms with van der Waals surface area (Å²) in [5.41, 5.74) is -0.748. The monoisotopic (exact) mass is 188 g/mol. The van der Waals surface area contributed by atoms with Crippen LogP contribution in [0, 0.1) is 5.41 Å². The van der Waals surface area contributed by atoms with E-state index < -0.39 is 11.4 Å². The fraction of sp³-hybridized carbons (Fsp3) is 0.667. The van der Waals surface area contributed by atoms with E-state index in [9.17, 15) is 4.79 Å². The molecule has 0 saturated carbocycles. The van der Waals surface area contributed by atoms with E-state index in [4.69, 9.17) is 5.11 Å². The maximum absolute atomic E-state index is 10.8. The first kappa shape index (κ1) is 11.6. The lowest BCUT2D eigenvalue weighted by Gasteiger charge is -2.19. The van der Waals surface area contributed by atoms with Crippen molar-refractivity contribution in [3.05, 3.63) is 12.7 Å². The second-order valence-electron chi connectivity index (χ2n) is 2.87. The van der Waals surface area contributed by atoms with Gasteiger partial charge in [0, 0.05) is 0 Å². The van der Waals surface area contributed by atoms with E-state index in [1.165, 1.54) is 6.08 Å². The Morgan fingerprint density at radius 1 is 1.75 bits per heavy atom. The Labute approximate surface area is 78.0 Å². The maximum atomic E-state index is 10.8. The van der Waals surface area contributed by atoms with Gasteiger partial charge >= 0.3 is 5.97 Å². The Balaban J connectivity index is 3.97. The Hall–Kier alpha value is -0.440. The van der Waals surface area contributed by atoms with Gasteiger partial charge in [-0.25, -0.2) is 0 Å². The van der Waals surface area contributed by atoms with Crippen LogP contribution in [0.5, 0.6) is 0 Å². The van der Waals surface area contributed by atoms with Crippen molar-refractivity contribution in [2.24, 2.45) is 5.41 Å². The smallest absolute Gasteiger partial charge is 0.313 e. The van der Waals surface area contributed by atoms with E-state index in [1.54, 1.807) is 18.7 Å². The van der Waals surface area contributed by atoms with Crippen LogP contribution in [0.4, 0.5) is 0 Å². The molecule has 0 aliphatic carbocycles. The Morgan fingerprint density at radius 3 is 2.67 bits per heavy atom. The number of hydrogen-bond acceptors (Lipinski definition) is 2. The summed E-state index contributed by atoms with van der Waals surface area (Å²) in [5.74, 6) is 1.13. The molecule has 0 heterocycles. The molecule has 1 unspecified atom stereocenters. The van der Waals surface area contributed by atoms with Crippen molar-refractivity contribution < 1.29 is 9.90 Å². The standard InChI is InChI=1S/C9H16O2S/c1-4-9(3,8(10)11)6-7-12-5-2/h4H,1,5-7H2,2-3H3,(H,10,11). The molecule has 0 aromatic carbocycles. The predicted octanol–water partition coefficient (Wildman–Crippen LogP) is 2.41. The van der Waals surface area contributed by atoms with Crippen LogP contribution in [-0.2, 0) is 4.79 Å². The minimum atomic E-state index is -0.783. The van der Waals surface area contributed by atoms with Crippen molar-refractivity contribution in [2.45, 2.75) is 20.3 Å². The fourth-order valence-corrected chi connectivity index (χ4v) is 1.58. The third kappa shape index (κ3) is 3.30. The van der Waals surface area contributed by atoms with Gasteiger partial charge in [0.25, 0.3) is 0 Å². The van der Waals surface area contributed by atoms with Crippen molar-refractivity contribution in [3.8, 4) is 0 Å². The third-order valence-corrected chi connectivity index (χ3v) is 2.81. The van der Waals surface area contributed by atoms with Crippen LogP contribution in [0.25, 0.3) is 0 Å². The minimum Gasteiger partial charge on any atom is -0.481 e. The molecule has 0 aliphatic rings. The van der Waals surface area contributed by atoms with Crippen LogP contribution >= 0.6 is 11.8 Å². The van der Waals surface area contributed by atoms with Crippen LogP contribution in [-0.4, -0.2) is 22.6 Å². The summed E-state index contributed by atoms with van der Waals surface area (Å²) < 4.78 is 0. The first-order valence-electron chi connectivity index (χ1n) is 4.01. The van der Waals surface area contributed by atoms with Gasteiger partial charge in [0.2, 0.25) is 0 Å². The molecule has 0 saturated heterocycles. The molecule has 1 N–H and O–H groups in total. The number of carbonyl (C=O) groups is 1. The number of aliphatic carboxylic acids is 1. The topological polar surface area (TPSA) is 37.3 Å². The molecule has 3 heteroatoms. The molecule has 0 bridgehead atoms. The van der Waals surface area contributed by atoms with Gasteiger partial charge in [0.15, 0.2) is 0 Å². The number of rotatable bonds is 6. The molecule has 1 atom stereocenters. The second-order valence-corrected chi connectivity index (χ2v) is 4.27. The summed E-state index contributed by atoms with van der Waals surface area (Å²) in [6.45, 7) is 7.32. The molecule has 0 spiro atoms. The lowest BCUT2D eigenvalue weighted by atomic mass is 9.88. The zero-order chi connectivity index (χ0) is 9.61. The van der Waals surface area contributed by atoms with Gasteiger partial charge in [-0.1, -0.05) is 13.0 Å². The molecule has 0 aromatic rings. The molecule has 0 aliphatic heterocycles. The largest absolute Gasteiger partial charge is 0.481 e. The molecule has 70 valence electrons. The molecular weight excluding hydrogens is 172 g/mol. The van der Waals surface area contributed by atoms with E-state index in [0.717, 1.165) is 11.5 Å². The number of carboxylic acid groups (broad SMARTS) is 1. The van der Waals surface area contributed by atoms with Crippen LogP contribution in [0.15, 0.2) is 12.7 Å². The summed E-state index contributed by atoms with van der Waals surface area (Å²) >= 11 is 1.76. The quantitative estimate of drug-likeness (QED) is 0.513. The maximum Gasteiger partial charge on any atom is 0.313 e. The van der Waals surface area contributed by atoms with E-state index in [-0.39, 0.29) is 0 Å². The highest BCUT2D eigenvalue weighted by molar-refractivity contribution is 7.99. The zero-order valence-electron chi connectivity index (χ0n) is 7.67. The van der Waals surface area contributed by atoms with Gasteiger partial charge in [-0.2, -0.15) is 11.8 Å². The number of thioether (sulfide) groups is 1. The Kier molecular flexibility index (Phi) is 5.06. The average Bonchev–Trinajstić information content (AvgIpc) is 2.04. The SMILES string of the molecule is C=CC(C)(CCSCC)C(=O)O. The summed E-state index contributed by atoms with van der Waals surface area (Å²) in [5, 5.41) is 8.85. The van der Waals surface area contributed by atoms with E-state index >= 15 is 0 Å². The highest BCUT2D eigenvalue weighted by atomic mass is 32.2. The molecule has 2 nitrogen and oxygen atoms in total. The van der Waals surface area contributed by atoms with Crippen molar-refractivity contribution in [3.63, 3.8) is 0 Å². The van der Waals surface area contributed by atoms with Crippen LogP contribution in [0.2, 0.25) is 0 Å². The first-order valence-corrected chi connectivity index (χ1v) is 5.17. The molecule has 0 amide bonds. The number of carboxylic acids is 1. The average molecular weight is 188 g/mol. The molecule has 0 rings (SSSR count). The lowest BCUT2D eigenvalue weighted by molar-refractivity contribution is -0.145. The summed E-state index contributed by atoms with van der Waals surface area (Å²) in [6, 6.07) is 0. The summed E-state index contributed by atoms with van der Waals surface area (Å²) in [4.78, 5) is 10.8. The predicted molar refractivity (Wildman–Crippen MR) is 53.6 cm³/mol. The Bertz CT molecular complexity index is 168. The third-order valence-electron chi connectivity index (χ3n) is 1.91. The molecule has 0 radical (unpaired) electrons. The first-order chi connectivity index (χ1) is 5.56. The fourth-order valence-electron chi connectivity index (χ4n) is 0.725. The van der Waals surface area contributed by atoms with Crippen LogP contribution in [0.3, 0.4) is 0 Å². The molecule has 12 heavy (non-hydrogen) atoms. The molecular formula is C9H16O2S. The Morgan fingerprint density at radius 2 is 2.33 bits per heavy atom. The number of hydrogen-bond donors (Lipinski definition) is 1. The highest BCUT2D eigenvalue weighted by Gasteiger charge is 2.28. The van der Waals surface area contributed by atoms with Gasteiger partial charge in [0.1, 0.15) is 0 Å². The lowest BCUT2D eigenvalue weighted by Crippen LogP contribution is -2.25. The molecule has 0 fully saturated rings. The van der Waals surface area contributed by atoms with Crippen molar-refractivity contribution >= 4 is 17.7 Å². The van der Waals surface area contributed by atoms with Gasteiger partial charge in [0.05, 0.1) is 5.41 Å². The second kappa shape index (κ2) is 5.25. The van der Waals surface area contributed by atoms with E-state index in [2.05, 4.69) is 13.5 Å². The van der Waals surface area contributed by atoms with E-state index in [0.29, 0.717) is 6.42 Å². The summed E-state index contributed by atoms with van der Waals surface area (Å²) in [6.07, 6.45) is 2.18. The minimum absolute atomic E-state index is 0.657.